The van der Waals surface area contributed by atoms with Crippen molar-refractivity contribution in [2.45, 2.75) is 10.8 Å². The van der Waals surface area contributed by atoms with E-state index in [0.29, 0.717) is 5.82 Å². The minimum Gasteiger partial charge on any atom is -0.228 e. The first-order valence-corrected chi connectivity index (χ1v) is 20.7. The second-order valence-electron chi connectivity index (χ2n) is 15.6. The third kappa shape index (κ3) is 5.42. The highest BCUT2D eigenvalue weighted by Gasteiger charge is 2.61. The van der Waals surface area contributed by atoms with E-state index >= 15 is 0 Å². The fourth-order valence-corrected chi connectivity index (χ4v) is 10.2. The first-order valence-electron chi connectivity index (χ1n) is 20.7. The van der Waals surface area contributed by atoms with Crippen LogP contribution in [-0.4, -0.2) is 9.97 Å². The molecule has 0 aliphatic heterocycles. The van der Waals surface area contributed by atoms with Crippen LogP contribution in [0, 0.1) is 0 Å². The van der Waals surface area contributed by atoms with Crippen LogP contribution >= 0.6 is 0 Å². The standard InChI is InChI=1S/C58H40N2/c1-6-21-41(22-7-1)42-23-20-24-43(39-42)55-50-34-17-19-36-54(50)59-56(60-55)44-37-38-53-51(40-44)49-33-16-18-35-52(49)57(45-25-8-2-9-26-45,46-27-10-3-11-28-46)58(53,47-29-12-4-13-30-47)48-31-14-5-15-32-48/h1-40H. The van der Waals surface area contributed by atoms with Gasteiger partial charge in [-0.3, -0.25) is 0 Å². The van der Waals surface area contributed by atoms with Gasteiger partial charge < -0.3 is 0 Å². The first kappa shape index (κ1) is 35.5. The molecule has 0 unspecified atom stereocenters. The van der Waals surface area contributed by atoms with Gasteiger partial charge in [-0.25, -0.2) is 9.97 Å². The van der Waals surface area contributed by atoms with Gasteiger partial charge in [-0.15, -0.1) is 0 Å². The molecule has 1 aliphatic rings. The fourth-order valence-electron chi connectivity index (χ4n) is 10.2. The number of benzene rings is 9. The Morgan fingerprint density at radius 2 is 0.750 bits per heavy atom. The Hall–Kier alpha value is -7.68. The molecule has 60 heavy (non-hydrogen) atoms. The molecule has 0 radical (unpaired) electrons. The van der Waals surface area contributed by atoms with Crippen molar-refractivity contribution in [3.8, 4) is 44.9 Å². The van der Waals surface area contributed by atoms with Gasteiger partial charge in [-0.2, -0.15) is 0 Å². The van der Waals surface area contributed by atoms with E-state index in [1.54, 1.807) is 0 Å². The minimum atomic E-state index is -0.715. The SMILES string of the molecule is c1ccc(-c2cccc(-c3nc(-c4ccc5c(c4)-c4ccccc4C(c4ccccc4)(c4ccccc4)C5(c4ccccc4)c4ccccc4)nc4ccccc34)c2)cc1. The zero-order valence-corrected chi connectivity index (χ0v) is 33.0. The van der Waals surface area contributed by atoms with Gasteiger partial charge in [0, 0.05) is 16.5 Å². The molecular formula is C58H40N2. The summed E-state index contributed by atoms with van der Waals surface area (Å²) in [5.74, 6) is 0.696. The summed E-state index contributed by atoms with van der Waals surface area (Å²) in [5, 5.41) is 1.03. The molecule has 0 atom stereocenters. The zero-order valence-electron chi connectivity index (χ0n) is 33.0. The lowest BCUT2D eigenvalue weighted by Crippen LogP contribution is -2.54. The molecule has 0 N–H and O–H groups in total. The Kier molecular flexibility index (Phi) is 8.64. The molecule has 2 heteroatoms. The maximum Gasteiger partial charge on any atom is 0.160 e. The van der Waals surface area contributed by atoms with Gasteiger partial charge in [0.1, 0.15) is 0 Å². The van der Waals surface area contributed by atoms with E-state index in [1.807, 2.05) is 0 Å². The summed E-state index contributed by atoms with van der Waals surface area (Å²) in [6, 6.07) is 88.2. The summed E-state index contributed by atoms with van der Waals surface area (Å²) in [6.07, 6.45) is 0. The van der Waals surface area contributed by atoms with Crippen molar-refractivity contribution in [2.24, 2.45) is 0 Å². The number of para-hydroxylation sites is 1. The largest absolute Gasteiger partial charge is 0.228 e. The number of hydrogen-bond donors (Lipinski definition) is 0. The molecule has 1 heterocycles. The highest BCUT2D eigenvalue weighted by Crippen LogP contribution is 2.65. The summed E-state index contributed by atoms with van der Waals surface area (Å²) in [4.78, 5) is 10.7. The van der Waals surface area contributed by atoms with E-state index in [1.165, 1.54) is 50.1 Å². The summed E-state index contributed by atoms with van der Waals surface area (Å²) in [6.45, 7) is 0. The number of hydrogen-bond acceptors (Lipinski definition) is 2. The average molecular weight is 765 g/mol. The van der Waals surface area contributed by atoms with Crippen LogP contribution in [0.25, 0.3) is 55.8 Å². The van der Waals surface area contributed by atoms with E-state index in [0.717, 1.165) is 33.3 Å². The molecule has 2 nitrogen and oxygen atoms in total. The van der Waals surface area contributed by atoms with Gasteiger partial charge in [-0.05, 0) is 73.8 Å². The summed E-state index contributed by atoms with van der Waals surface area (Å²) in [7, 11) is 0. The van der Waals surface area contributed by atoms with Gasteiger partial charge in [0.2, 0.25) is 0 Å². The third-order valence-corrected chi connectivity index (χ3v) is 12.5. The number of rotatable bonds is 7. The highest BCUT2D eigenvalue weighted by atomic mass is 14.9. The van der Waals surface area contributed by atoms with E-state index < -0.39 is 10.8 Å². The van der Waals surface area contributed by atoms with Gasteiger partial charge in [0.25, 0.3) is 0 Å². The highest BCUT2D eigenvalue weighted by molar-refractivity contribution is 5.95. The fraction of sp³-hybridized carbons (Fsp3) is 0.0345. The van der Waals surface area contributed by atoms with Crippen LogP contribution in [-0.2, 0) is 10.8 Å². The summed E-state index contributed by atoms with van der Waals surface area (Å²) in [5.41, 5.74) is 14.5. The Balaban J connectivity index is 1.23. The molecule has 0 saturated carbocycles. The smallest absolute Gasteiger partial charge is 0.160 e. The molecule has 9 aromatic carbocycles. The van der Waals surface area contributed by atoms with Crippen LogP contribution in [0.15, 0.2) is 243 Å². The van der Waals surface area contributed by atoms with Crippen molar-refractivity contribution in [3.63, 3.8) is 0 Å². The van der Waals surface area contributed by atoms with Gasteiger partial charge in [-0.1, -0.05) is 224 Å². The molecule has 1 aliphatic carbocycles. The lowest BCUT2D eigenvalue weighted by molar-refractivity contribution is 0.415. The predicted octanol–water partition coefficient (Wildman–Crippen LogP) is 14.0. The normalized spacial score (nSPS) is 13.6. The van der Waals surface area contributed by atoms with E-state index in [-0.39, 0.29) is 0 Å². The molecule has 10 aromatic rings. The second-order valence-corrected chi connectivity index (χ2v) is 15.6. The molecule has 0 saturated heterocycles. The Morgan fingerprint density at radius 3 is 1.35 bits per heavy atom. The summed E-state index contributed by atoms with van der Waals surface area (Å²) < 4.78 is 0. The lowest BCUT2D eigenvalue weighted by atomic mass is 9.43. The van der Waals surface area contributed by atoms with Crippen molar-refractivity contribution in [1.82, 2.24) is 9.97 Å². The quantitative estimate of drug-likeness (QED) is 0.162. The number of aromatic nitrogens is 2. The molecule has 0 fully saturated rings. The van der Waals surface area contributed by atoms with Crippen molar-refractivity contribution in [1.29, 1.82) is 0 Å². The van der Waals surface area contributed by atoms with E-state index in [2.05, 4.69) is 243 Å². The average Bonchev–Trinajstić information content (AvgIpc) is 3.34. The Bertz CT molecular complexity index is 3050. The van der Waals surface area contributed by atoms with Crippen molar-refractivity contribution >= 4 is 10.9 Å². The van der Waals surface area contributed by atoms with Crippen LogP contribution in [0.3, 0.4) is 0 Å². The molecule has 0 bridgehead atoms. The van der Waals surface area contributed by atoms with Gasteiger partial charge in [0.15, 0.2) is 5.82 Å². The molecular weight excluding hydrogens is 725 g/mol. The van der Waals surface area contributed by atoms with Gasteiger partial charge >= 0.3 is 0 Å². The maximum absolute atomic E-state index is 5.45. The monoisotopic (exact) mass is 764 g/mol. The predicted molar refractivity (Wildman–Crippen MR) is 247 cm³/mol. The van der Waals surface area contributed by atoms with Crippen LogP contribution in [0.5, 0.6) is 0 Å². The molecule has 1 aromatic heterocycles. The van der Waals surface area contributed by atoms with Crippen molar-refractivity contribution in [3.05, 3.63) is 276 Å². The minimum absolute atomic E-state index is 0.681. The Morgan fingerprint density at radius 1 is 0.283 bits per heavy atom. The molecule has 282 valence electrons. The Labute approximate surface area is 351 Å². The number of nitrogens with zero attached hydrogens (tertiary/aromatic N) is 2. The maximum atomic E-state index is 5.45. The molecule has 0 spiro atoms. The van der Waals surface area contributed by atoms with E-state index in [9.17, 15) is 0 Å². The third-order valence-electron chi connectivity index (χ3n) is 12.5. The first-order chi connectivity index (χ1) is 29.8. The summed E-state index contributed by atoms with van der Waals surface area (Å²) >= 11 is 0. The van der Waals surface area contributed by atoms with Gasteiger partial charge in [0.05, 0.1) is 22.0 Å². The second kappa shape index (κ2) is 14.6. The number of fused-ring (bicyclic) bond motifs is 4. The van der Waals surface area contributed by atoms with Crippen LogP contribution in [0.2, 0.25) is 0 Å². The molecule has 11 rings (SSSR count). The molecule has 0 amide bonds. The van der Waals surface area contributed by atoms with Crippen LogP contribution in [0.4, 0.5) is 0 Å². The van der Waals surface area contributed by atoms with Crippen LogP contribution in [0.1, 0.15) is 33.4 Å². The van der Waals surface area contributed by atoms with Crippen LogP contribution < -0.4 is 0 Å². The lowest BCUT2D eigenvalue weighted by Gasteiger charge is -2.57. The van der Waals surface area contributed by atoms with E-state index in [4.69, 9.17) is 9.97 Å². The zero-order chi connectivity index (χ0) is 39.9. The topological polar surface area (TPSA) is 25.8 Å². The van der Waals surface area contributed by atoms with Crippen molar-refractivity contribution in [2.75, 3.05) is 0 Å². The van der Waals surface area contributed by atoms with Crippen molar-refractivity contribution < 1.29 is 0 Å².